The lowest BCUT2D eigenvalue weighted by molar-refractivity contribution is 0.0955. The first-order valence-corrected chi connectivity index (χ1v) is 7.22. The zero-order valence-electron chi connectivity index (χ0n) is 12.0. The number of benzene rings is 2. The second-order valence-corrected chi connectivity index (χ2v) is 5.74. The minimum Gasteiger partial charge on any atom is -0.506 e. The highest BCUT2D eigenvalue weighted by Crippen LogP contribution is 2.29. The van der Waals surface area contributed by atoms with Crippen molar-refractivity contribution in [2.75, 3.05) is 0 Å². The predicted octanol–water partition coefficient (Wildman–Crippen LogP) is 4.08. The number of hydrogen-bond donors (Lipinski definition) is 2. The fourth-order valence-electron chi connectivity index (χ4n) is 2.02. The third kappa shape index (κ3) is 4.00. The number of rotatable bonds is 3. The first-order chi connectivity index (χ1) is 10.4. The van der Waals surface area contributed by atoms with Crippen LogP contribution in [-0.2, 0) is 0 Å². The van der Waals surface area contributed by atoms with Gasteiger partial charge in [-0.05, 0) is 38.1 Å². The van der Waals surface area contributed by atoms with Crippen LogP contribution in [-0.4, -0.2) is 17.2 Å². The van der Waals surface area contributed by atoms with Gasteiger partial charge in [-0.3, -0.25) is 4.79 Å². The molecule has 2 N–H and O–H groups in total. The number of nitrogens with one attached hydrogen (secondary N) is 1. The Morgan fingerprint density at radius 1 is 1.14 bits per heavy atom. The van der Waals surface area contributed by atoms with Crippen molar-refractivity contribution in [3.05, 3.63) is 62.6 Å². The number of amides is 1. The zero-order chi connectivity index (χ0) is 16.3. The average molecular weight is 337 g/mol. The highest BCUT2D eigenvalue weighted by Gasteiger charge is 2.07. The van der Waals surface area contributed by atoms with Crippen LogP contribution >= 0.6 is 23.2 Å². The van der Waals surface area contributed by atoms with Crippen LogP contribution in [0.1, 0.15) is 27.0 Å². The molecule has 0 saturated carbocycles. The van der Waals surface area contributed by atoms with Crippen molar-refractivity contribution in [2.24, 2.45) is 5.10 Å². The summed E-state index contributed by atoms with van der Waals surface area (Å²) >= 11 is 11.7. The van der Waals surface area contributed by atoms with Gasteiger partial charge in [0.25, 0.3) is 5.91 Å². The Bertz CT molecular complexity index is 738. The molecule has 0 saturated heterocycles. The number of nitrogens with zero attached hydrogens (tertiary/aromatic N) is 1. The van der Waals surface area contributed by atoms with E-state index in [1.807, 2.05) is 19.9 Å². The molecule has 0 heterocycles. The highest BCUT2D eigenvalue weighted by molar-refractivity contribution is 6.36. The molecule has 0 aliphatic carbocycles. The second-order valence-electron chi connectivity index (χ2n) is 4.90. The zero-order valence-corrected chi connectivity index (χ0v) is 13.5. The SMILES string of the molecule is Cc1cc(C)cc(C(=O)NN=Cc2cc(Cl)cc(Cl)c2O)c1. The molecule has 2 rings (SSSR count). The molecule has 0 aliphatic rings. The Labute approximate surface area is 138 Å². The van der Waals surface area contributed by atoms with Gasteiger partial charge in [0, 0.05) is 16.1 Å². The number of hydrazone groups is 1. The van der Waals surface area contributed by atoms with Gasteiger partial charge in [0.1, 0.15) is 5.75 Å². The highest BCUT2D eigenvalue weighted by atomic mass is 35.5. The lowest BCUT2D eigenvalue weighted by atomic mass is 10.1. The number of aryl methyl sites for hydroxylation is 2. The predicted molar refractivity (Wildman–Crippen MR) is 89.1 cm³/mol. The summed E-state index contributed by atoms with van der Waals surface area (Å²) in [6.45, 7) is 3.83. The summed E-state index contributed by atoms with van der Waals surface area (Å²) in [5.74, 6) is -0.480. The Hall–Kier alpha value is -2.04. The van der Waals surface area contributed by atoms with Crippen LogP contribution in [0.25, 0.3) is 0 Å². The minimum absolute atomic E-state index is 0.120. The van der Waals surface area contributed by atoms with Gasteiger partial charge in [-0.2, -0.15) is 5.10 Å². The monoisotopic (exact) mass is 336 g/mol. The summed E-state index contributed by atoms with van der Waals surface area (Å²) < 4.78 is 0. The summed E-state index contributed by atoms with van der Waals surface area (Å²) in [4.78, 5) is 12.0. The minimum atomic E-state index is -0.337. The van der Waals surface area contributed by atoms with E-state index >= 15 is 0 Å². The van der Waals surface area contributed by atoms with Crippen molar-refractivity contribution in [1.29, 1.82) is 0 Å². The Kier molecular flexibility index (Phi) is 5.06. The molecule has 2 aromatic carbocycles. The summed E-state index contributed by atoms with van der Waals surface area (Å²) in [5, 5.41) is 14.1. The standard InChI is InChI=1S/C16H14Cl2N2O2/c1-9-3-10(2)5-11(4-9)16(22)20-19-8-12-6-13(17)7-14(18)15(12)21/h3-8,21H,1-2H3,(H,20,22). The van der Waals surface area contributed by atoms with Gasteiger partial charge in [0.05, 0.1) is 11.2 Å². The van der Waals surface area contributed by atoms with Crippen LogP contribution in [0.4, 0.5) is 0 Å². The van der Waals surface area contributed by atoms with E-state index in [0.29, 0.717) is 16.1 Å². The van der Waals surface area contributed by atoms with E-state index in [4.69, 9.17) is 23.2 Å². The average Bonchev–Trinajstić information content (AvgIpc) is 2.42. The molecule has 0 spiro atoms. The smallest absolute Gasteiger partial charge is 0.271 e. The van der Waals surface area contributed by atoms with Gasteiger partial charge < -0.3 is 5.11 Å². The molecule has 114 valence electrons. The quantitative estimate of drug-likeness (QED) is 0.655. The molecule has 2 aromatic rings. The lowest BCUT2D eigenvalue weighted by Crippen LogP contribution is -2.17. The van der Waals surface area contributed by atoms with Crippen LogP contribution < -0.4 is 5.43 Å². The van der Waals surface area contributed by atoms with Crippen LogP contribution in [0.5, 0.6) is 5.75 Å². The van der Waals surface area contributed by atoms with Crippen molar-refractivity contribution < 1.29 is 9.90 Å². The maximum absolute atomic E-state index is 12.0. The van der Waals surface area contributed by atoms with Crippen LogP contribution in [0.15, 0.2) is 35.4 Å². The normalized spacial score (nSPS) is 10.9. The molecule has 0 fully saturated rings. The van der Waals surface area contributed by atoms with Gasteiger partial charge in [0.2, 0.25) is 0 Å². The third-order valence-electron chi connectivity index (χ3n) is 2.91. The number of phenols is 1. The van der Waals surface area contributed by atoms with E-state index in [-0.39, 0.29) is 16.7 Å². The molecule has 0 aliphatic heterocycles. The van der Waals surface area contributed by atoms with Gasteiger partial charge >= 0.3 is 0 Å². The fraction of sp³-hybridized carbons (Fsp3) is 0.125. The molecule has 4 nitrogen and oxygen atoms in total. The van der Waals surface area contributed by atoms with Crippen LogP contribution in [0, 0.1) is 13.8 Å². The number of carbonyl (C=O) groups is 1. The van der Waals surface area contributed by atoms with E-state index in [1.165, 1.54) is 18.3 Å². The first-order valence-electron chi connectivity index (χ1n) is 6.46. The van der Waals surface area contributed by atoms with E-state index in [2.05, 4.69) is 10.5 Å². The summed E-state index contributed by atoms with van der Waals surface area (Å²) in [7, 11) is 0. The van der Waals surface area contributed by atoms with Crippen molar-refractivity contribution in [2.45, 2.75) is 13.8 Å². The summed E-state index contributed by atoms with van der Waals surface area (Å²) in [6.07, 6.45) is 1.29. The number of halogens is 2. The van der Waals surface area contributed by atoms with Gasteiger partial charge in [0.15, 0.2) is 0 Å². The fourth-order valence-corrected chi connectivity index (χ4v) is 2.52. The summed E-state index contributed by atoms with van der Waals surface area (Å²) in [5.41, 5.74) is 5.22. The molecule has 0 radical (unpaired) electrons. The Balaban J connectivity index is 2.14. The van der Waals surface area contributed by atoms with Gasteiger partial charge in [-0.1, -0.05) is 40.4 Å². The lowest BCUT2D eigenvalue weighted by Gasteiger charge is -2.04. The van der Waals surface area contributed by atoms with Crippen molar-refractivity contribution in [1.82, 2.24) is 5.43 Å². The maximum atomic E-state index is 12.0. The van der Waals surface area contributed by atoms with Gasteiger partial charge in [-0.25, -0.2) is 5.43 Å². The number of hydrogen-bond acceptors (Lipinski definition) is 3. The summed E-state index contributed by atoms with van der Waals surface area (Å²) in [6, 6.07) is 8.43. The van der Waals surface area contributed by atoms with Crippen LogP contribution in [0.3, 0.4) is 0 Å². The molecule has 0 aromatic heterocycles. The van der Waals surface area contributed by atoms with E-state index in [1.54, 1.807) is 12.1 Å². The Morgan fingerprint density at radius 3 is 2.41 bits per heavy atom. The molecule has 22 heavy (non-hydrogen) atoms. The molecule has 6 heteroatoms. The van der Waals surface area contributed by atoms with Gasteiger partial charge in [-0.15, -0.1) is 0 Å². The third-order valence-corrected chi connectivity index (χ3v) is 3.42. The molecule has 0 unspecified atom stereocenters. The van der Waals surface area contributed by atoms with Crippen molar-refractivity contribution in [3.63, 3.8) is 0 Å². The molecule has 0 bridgehead atoms. The number of aromatic hydroxyl groups is 1. The molecule has 0 atom stereocenters. The van der Waals surface area contributed by atoms with Crippen LogP contribution in [0.2, 0.25) is 10.0 Å². The Morgan fingerprint density at radius 2 is 1.77 bits per heavy atom. The maximum Gasteiger partial charge on any atom is 0.271 e. The largest absolute Gasteiger partial charge is 0.506 e. The molecule has 1 amide bonds. The second kappa shape index (κ2) is 6.81. The molecular formula is C16H14Cl2N2O2. The van der Waals surface area contributed by atoms with E-state index < -0.39 is 0 Å². The number of carbonyl (C=O) groups excluding carboxylic acids is 1. The van der Waals surface area contributed by atoms with E-state index in [9.17, 15) is 9.90 Å². The van der Waals surface area contributed by atoms with E-state index in [0.717, 1.165) is 11.1 Å². The first kappa shape index (κ1) is 16.3. The number of phenolic OH excluding ortho intramolecular Hbond substituents is 1. The topological polar surface area (TPSA) is 61.7 Å². The van der Waals surface area contributed by atoms with Crippen molar-refractivity contribution >= 4 is 35.3 Å². The van der Waals surface area contributed by atoms with Crippen molar-refractivity contribution in [3.8, 4) is 5.75 Å². The molecular weight excluding hydrogens is 323 g/mol.